The second-order valence-electron chi connectivity index (χ2n) is 4.48. The van der Waals surface area contributed by atoms with Crippen LogP contribution in [-0.4, -0.2) is 19.0 Å². The molecular weight excluding hydrogens is 172 g/mol. The predicted molar refractivity (Wildman–Crippen MR) is 47.9 cm³/mol. The van der Waals surface area contributed by atoms with E-state index in [0.29, 0.717) is 12.5 Å². The lowest BCUT2D eigenvalue weighted by Gasteiger charge is -2.20. The molecule has 2 fully saturated rings. The molecule has 1 saturated carbocycles. The first-order chi connectivity index (χ1) is 6.18. The summed E-state index contributed by atoms with van der Waals surface area (Å²) in [4.78, 5) is 0. The molecule has 0 aromatic heterocycles. The first-order valence-electron chi connectivity index (χ1n) is 5.27. The van der Waals surface area contributed by atoms with Gasteiger partial charge in [0.25, 0.3) is 5.92 Å². The molecule has 1 nitrogen and oxygen atoms in total. The van der Waals surface area contributed by atoms with Crippen molar-refractivity contribution < 1.29 is 8.78 Å². The lowest BCUT2D eigenvalue weighted by Crippen LogP contribution is -2.28. The quantitative estimate of drug-likeness (QED) is 0.703. The summed E-state index contributed by atoms with van der Waals surface area (Å²) in [5.74, 6) is -2.26. The summed E-state index contributed by atoms with van der Waals surface area (Å²) >= 11 is 0. The van der Waals surface area contributed by atoms with Crippen molar-refractivity contribution in [1.82, 2.24) is 5.32 Å². The van der Waals surface area contributed by atoms with E-state index in [-0.39, 0.29) is 6.54 Å². The molecule has 0 aromatic rings. The van der Waals surface area contributed by atoms with Crippen LogP contribution in [0.3, 0.4) is 0 Å². The molecule has 1 saturated heterocycles. The molecule has 76 valence electrons. The minimum absolute atomic E-state index is 0.107. The van der Waals surface area contributed by atoms with Gasteiger partial charge >= 0.3 is 0 Å². The van der Waals surface area contributed by atoms with Gasteiger partial charge < -0.3 is 5.32 Å². The number of alkyl halides is 2. The highest BCUT2D eigenvalue weighted by molar-refractivity contribution is 4.89. The van der Waals surface area contributed by atoms with E-state index in [2.05, 4.69) is 5.32 Å². The smallest absolute Gasteiger partial charge is 0.264 e. The van der Waals surface area contributed by atoms with E-state index in [1.165, 1.54) is 25.7 Å². The fourth-order valence-corrected chi connectivity index (χ4v) is 2.61. The lowest BCUT2D eigenvalue weighted by molar-refractivity contribution is -0.0293. The van der Waals surface area contributed by atoms with Crippen LogP contribution in [0.2, 0.25) is 0 Å². The van der Waals surface area contributed by atoms with E-state index in [0.717, 1.165) is 6.42 Å². The van der Waals surface area contributed by atoms with Crippen molar-refractivity contribution in [2.45, 2.75) is 38.0 Å². The molecule has 0 bridgehead atoms. The number of rotatable bonds is 2. The van der Waals surface area contributed by atoms with E-state index in [1.807, 2.05) is 0 Å². The molecule has 1 unspecified atom stereocenters. The van der Waals surface area contributed by atoms with E-state index >= 15 is 0 Å². The van der Waals surface area contributed by atoms with E-state index in [9.17, 15) is 8.78 Å². The molecule has 2 rings (SSSR count). The van der Waals surface area contributed by atoms with Crippen molar-refractivity contribution in [1.29, 1.82) is 0 Å². The summed E-state index contributed by atoms with van der Waals surface area (Å²) in [6, 6.07) is 0. The van der Waals surface area contributed by atoms with Crippen LogP contribution in [0.5, 0.6) is 0 Å². The van der Waals surface area contributed by atoms with Crippen molar-refractivity contribution in [2.75, 3.05) is 13.1 Å². The SMILES string of the molecule is FC1(F)CNCC1CC1CCCC1. The average Bonchev–Trinajstić information content (AvgIpc) is 2.63. The van der Waals surface area contributed by atoms with Crippen LogP contribution >= 0.6 is 0 Å². The van der Waals surface area contributed by atoms with Gasteiger partial charge in [-0.05, 0) is 12.3 Å². The molecule has 13 heavy (non-hydrogen) atoms. The summed E-state index contributed by atoms with van der Waals surface area (Å²) in [5, 5.41) is 2.79. The maximum absolute atomic E-state index is 13.2. The monoisotopic (exact) mass is 189 g/mol. The normalized spacial score (nSPS) is 34.2. The van der Waals surface area contributed by atoms with Crippen LogP contribution in [0.4, 0.5) is 8.78 Å². The molecule has 1 N–H and O–H groups in total. The molecule has 0 aromatic carbocycles. The molecule has 3 heteroatoms. The second kappa shape index (κ2) is 3.52. The lowest BCUT2D eigenvalue weighted by atomic mass is 9.91. The summed E-state index contributed by atoms with van der Waals surface area (Å²) < 4.78 is 26.4. The maximum Gasteiger partial charge on any atom is 0.264 e. The number of hydrogen-bond donors (Lipinski definition) is 1. The number of nitrogens with one attached hydrogen (secondary N) is 1. The minimum atomic E-state index is -2.44. The van der Waals surface area contributed by atoms with Gasteiger partial charge in [-0.15, -0.1) is 0 Å². The first kappa shape index (κ1) is 9.38. The average molecular weight is 189 g/mol. The Morgan fingerprint density at radius 2 is 1.92 bits per heavy atom. The molecule has 0 amide bonds. The second-order valence-corrected chi connectivity index (χ2v) is 4.48. The molecular formula is C10H17F2N. The standard InChI is InChI=1S/C10H17F2N/c11-10(12)7-13-6-9(10)5-8-3-1-2-4-8/h8-9,13H,1-7H2. The highest BCUT2D eigenvalue weighted by Crippen LogP contribution is 2.37. The number of halogens is 2. The summed E-state index contributed by atoms with van der Waals surface area (Å²) in [5.41, 5.74) is 0. The summed E-state index contributed by atoms with van der Waals surface area (Å²) in [7, 11) is 0. The maximum atomic E-state index is 13.2. The van der Waals surface area contributed by atoms with Gasteiger partial charge in [0.15, 0.2) is 0 Å². The van der Waals surface area contributed by atoms with Crippen LogP contribution in [0, 0.1) is 11.8 Å². The fourth-order valence-electron chi connectivity index (χ4n) is 2.61. The minimum Gasteiger partial charge on any atom is -0.311 e. The Balaban J connectivity index is 1.86. The molecule has 1 atom stereocenters. The molecule has 0 spiro atoms. The van der Waals surface area contributed by atoms with Gasteiger partial charge in [-0.2, -0.15) is 0 Å². The van der Waals surface area contributed by atoms with Gasteiger partial charge in [-0.3, -0.25) is 0 Å². The first-order valence-corrected chi connectivity index (χ1v) is 5.27. The van der Waals surface area contributed by atoms with E-state index in [1.54, 1.807) is 0 Å². The zero-order chi connectivity index (χ0) is 9.31. The summed E-state index contributed by atoms with van der Waals surface area (Å²) in [6.45, 7) is 0.411. The Hall–Kier alpha value is -0.180. The molecule has 1 aliphatic heterocycles. The highest BCUT2D eigenvalue weighted by atomic mass is 19.3. The highest BCUT2D eigenvalue weighted by Gasteiger charge is 2.44. The summed E-state index contributed by atoms with van der Waals surface area (Å²) in [6.07, 6.45) is 5.58. The van der Waals surface area contributed by atoms with Crippen molar-refractivity contribution in [3.05, 3.63) is 0 Å². The van der Waals surface area contributed by atoms with E-state index < -0.39 is 11.8 Å². The molecule has 2 aliphatic rings. The topological polar surface area (TPSA) is 12.0 Å². The Morgan fingerprint density at radius 1 is 1.23 bits per heavy atom. The fraction of sp³-hybridized carbons (Fsp3) is 1.00. The molecule has 1 aliphatic carbocycles. The van der Waals surface area contributed by atoms with Crippen molar-refractivity contribution in [2.24, 2.45) is 11.8 Å². The van der Waals surface area contributed by atoms with Crippen molar-refractivity contribution in [3.63, 3.8) is 0 Å². The van der Waals surface area contributed by atoms with Crippen molar-refractivity contribution >= 4 is 0 Å². The van der Waals surface area contributed by atoms with Gasteiger partial charge in [0, 0.05) is 12.5 Å². The van der Waals surface area contributed by atoms with Gasteiger partial charge in [0.2, 0.25) is 0 Å². The zero-order valence-electron chi connectivity index (χ0n) is 7.86. The Bertz CT molecular complexity index is 176. The molecule has 1 heterocycles. The van der Waals surface area contributed by atoms with Crippen molar-refractivity contribution in [3.8, 4) is 0 Å². The van der Waals surface area contributed by atoms with E-state index in [4.69, 9.17) is 0 Å². The third kappa shape index (κ3) is 2.01. The Morgan fingerprint density at radius 3 is 2.46 bits per heavy atom. The molecule has 0 radical (unpaired) electrons. The number of hydrogen-bond acceptors (Lipinski definition) is 1. The van der Waals surface area contributed by atoms with Crippen LogP contribution in [0.1, 0.15) is 32.1 Å². The van der Waals surface area contributed by atoms with Gasteiger partial charge in [0.1, 0.15) is 0 Å². The largest absolute Gasteiger partial charge is 0.311 e. The van der Waals surface area contributed by atoms with Crippen LogP contribution in [0.15, 0.2) is 0 Å². The van der Waals surface area contributed by atoms with Gasteiger partial charge in [-0.1, -0.05) is 25.7 Å². The Kier molecular flexibility index (Phi) is 2.54. The van der Waals surface area contributed by atoms with Crippen LogP contribution in [-0.2, 0) is 0 Å². The van der Waals surface area contributed by atoms with Crippen LogP contribution in [0.25, 0.3) is 0 Å². The third-order valence-electron chi connectivity index (χ3n) is 3.44. The predicted octanol–water partition coefficient (Wildman–Crippen LogP) is 2.42. The van der Waals surface area contributed by atoms with Crippen LogP contribution < -0.4 is 5.32 Å². The Labute approximate surface area is 77.9 Å². The zero-order valence-corrected chi connectivity index (χ0v) is 7.86. The third-order valence-corrected chi connectivity index (χ3v) is 3.44. The van der Waals surface area contributed by atoms with Gasteiger partial charge in [-0.25, -0.2) is 8.78 Å². The van der Waals surface area contributed by atoms with Gasteiger partial charge in [0.05, 0.1) is 6.54 Å².